The molecule has 0 spiro atoms. The van der Waals surface area contributed by atoms with Crippen LogP contribution in [0.3, 0.4) is 0 Å². The molecule has 1 atom stereocenters. The normalized spacial score (nSPS) is 11.7. The van der Waals surface area contributed by atoms with Crippen LogP contribution in [-0.4, -0.2) is 25.9 Å². The predicted molar refractivity (Wildman–Crippen MR) is 98.7 cm³/mol. The lowest BCUT2D eigenvalue weighted by atomic mass is 10.1. The van der Waals surface area contributed by atoms with E-state index in [-0.39, 0.29) is 17.8 Å². The van der Waals surface area contributed by atoms with Gasteiger partial charge in [0.05, 0.1) is 26.0 Å². The molecule has 0 bridgehead atoms. The van der Waals surface area contributed by atoms with Crippen LogP contribution >= 0.6 is 11.8 Å². The first-order valence-electron chi connectivity index (χ1n) is 7.87. The van der Waals surface area contributed by atoms with E-state index in [0.717, 1.165) is 11.1 Å². The number of nitrogens with one attached hydrogen (secondary N) is 1. The fraction of sp³-hybridized carbons (Fsp3) is 0.316. The van der Waals surface area contributed by atoms with Crippen LogP contribution in [0.15, 0.2) is 42.5 Å². The lowest BCUT2D eigenvalue weighted by Crippen LogP contribution is -2.28. The molecule has 0 saturated carbocycles. The highest BCUT2D eigenvalue weighted by Crippen LogP contribution is 2.29. The SMILES string of the molecule is COc1ccc(OC)c([C@H](C)NC(=O)CSCc2ccc(F)cc2)c1. The van der Waals surface area contributed by atoms with E-state index in [2.05, 4.69) is 5.32 Å². The van der Waals surface area contributed by atoms with Gasteiger partial charge in [0.1, 0.15) is 17.3 Å². The summed E-state index contributed by atoms with van der Waals surface area (Å²) in [5.41, 5.74) is 1.85. The molecule has 0 unspecified atom stereocenters. The van der Waals surface area contributed by atoms with Crippen molar-refractivity contribution in [3.63, 3.8) is 0 Å². The van der Waals surface area contributed by atoms with Gasteiger partial charge in [-0.2, -0.15) is 0 Å². The summed E-state index contributed by atoms with van der Waals surface area (Å²) in [6, 6.07) is 11.6. The second-order valence-electron chi connectivity index (χ2n) is 5.52. The molecule has 0 radical (unpaired) electrons. The summed E-state index contributed by atoms with van der Waals surface area (Å²) in [4.78, 5) is 12.2. The topological polar surface area (TPSA) is 47.6 Å². The Kier molecular flexibility index (Phi) is 7.13. The minimum atomic E-state index is -0.257. The maximum Gasteiger partial charge on any atom is 0.230 e. The van der Waals surface area contributed by atoms with Crippen molar-refractivity contribution in [1.29, 1.82) is 0 Å². The van der Waals surface area contributed by atoms with Crippen molar-refractivity contribution in [3.8, 4) is 11.5 Å². The summed E-state index contributed by atoms with van der Waals surface area (Å²) >= 11 is 1.48. The molecule has 134 valence electrons. The van der Waals surface area contributed by atoms with Crippen molar-refractivity contribution >= 4 is 17.7 Å². The second kappa shape index (κ2) is 9.32. The molecule has 0 aliphatic carbocycles. The number of ether oxygens (including phenoxy) is 2. The van der Waals surface area contributed by atoms with Crippen molar-refractivity contribution in [2.75, 3.05) is 20.0 Å². The van der Waals surface area contributed by atoms with Gasteiger partial charge in [-0.1, -0.05) is 12.1 Å². The quantitative estimate of drug-likeness (QED) is 0.771. The molecule has 0 aromatic heterocycles. The molecule has 0 aliphatic rings. The van der Waals surface area contributed by atoms with E-state index in [1.165, 1.54) is 23.9 Å². The van der Waals surface area contributed by atoms with Crippen LogP contribution in [-0.2, 0) is 10.5 Å². The number of carbonyl (C=O) groups is 1. The number of hydrogen-bond donors (Lipinski definition) is 1. The molecular formula is C19H22FNO3S. The van der Waals surface area contributed by atoms with Gasteiger partial charge in [-0.05, 0) is 42.8 Å². The van der Waals surface area contributed by atoms with Gasteiger partial charge in [0.2, 0.25) is 5.91 Å². The smallest absolute Gasteiger partial charge is 0.230 e. The number of benzene rings is 2. The number of rotatable bonds is 8. The highest BCUT2D eigenvalue weighted by molar-refractivity contribution is 7.99. The van der Waals surface area contributed by atoms with Crippen LogP contribution < -0.4 is 14.8 Å². The third-order valence-corrected chi connectivity index (χ3v) is 4.70. The molecule has 0 aliphatic heterocycles. The van der Waals surface area contributed by atoms with Gasteiger partial charge < -0.3 is 14.8 Å². The zero-order valence-electron chi connectivity index (χ0n) is 14.5. The standard InChI is InChI=1S/C19H22FNO3S/c1-13(17-10-16(23-2)8-9-18(17)24-3)21-19(22)12-25-11-14-4-6-15(20)7-5-14/h4-10,13H,11-12H2,1-3H3,(H,21,22)/t13-/m0/s1. The van der Waals surface area contributed by atoms with Crippen LogP contribution in [0.5, 0.6) is 11.5 Å². The fourth-order valence-electron chi connectivity index (χ4n) is 2.38. The number of amides is 1. The van der Waals surface area contributed by atoms with Crippen molar-refractivity contribution in [2.45, 2.75) is 18.7 Å². The Bertz CT molecular complexity index is 706. The minimum absolute atomic E-state index is 0.0653. The number of thioether (sulfide) groups is 1. The van der Waals surface area contributed by atoms with Gasteiger partial charge in [0, 0.05) is 11.3 Å². The summed E-state index contributed by atoms with van der Waals surface area (Å²) in [5.74, 6) is 2.07. The van der Waals surface area contributed by atoms with Crippen molar-refractivity contribution < 1.29 is 18.7 Å². The van der Waals surface area contributed by atoms with E-state index in [4.69, 9.17) is 9.47 Å². The van der Waals surface area contributed by atoms with Gasteiger partial charge in [-0.15, -0.1) is 11.8 Å². The van der Waals surface area contributed by atoms with E-state index in [0.29, 0.717) is 23.0 Å². The molecule has 25 heavy (non-hydrogen) atoms. The highest BCUT2D eigenvalue weighted by Gasteiger charge is 2.15. The Balaban J connectivity index is 1.88. The van der Waals surface area contributed by atoms with Crippen LogP contribution in [0, 0.1) is 5.82 Å². The van der Waals surface area contributed by atoms with Gasteiger partial charge in [0.15, 0.2) is 0 Å². The molecule has 0 saturated heterocycles. The van der Waals surface area contributed by atoms with E-state index < -0.39 is 0 Å². The first-order chi connectivity index (χ1) is 12.0. The maximum atomic E-state index is 12.9. The Morgan fingerprint density at radius 2 is 1.88 bits per heavy atom. The lowest BCUT2D eigenvalue weighted by molar-refractivity contribution is -0.119. The van der Waals surface area contributed by atoms with Gasteiger partial charge in [0.25, 0.3) is 0 Å². The van der Waals surface area contributed by atoms with Crippen molar-refractivity contribution in [2.24, 2.45) is 0 Å². The summed E-state index contributed by atoms with van der Waals surface area (Å²) in [6.07, 6.45) is 0. The van der Waals surface area contributed by atoms with E-state index in [1.807, 2.05) is 25.1 Å². The summed E-state index contributed by atoms with van der Waals surface area (Å²) in [7, 11) is 3.19. The molecule has 1 N–H and O–H groups in total. The van der Waals surface area contributed by atoms with Crippen LogP contribution in [0.2, 0.25) is 0 Å². The molecular weight excluding hydrogens is 341 g/mol. The van der Waals surface area contributed by atoms with Crippen LogP contribution in [0.4, 0.5) is 4.39 Å². The second-order valence-corrected chi connectivity index (χ2v) is 6.50. The van der Waals surface area contributed by atoms with Crippen molar-refractivity contribution in [3.05, 3.63) is 59.4 Å². The molecule has 2 rings (SSSR count). The van der Waals surface area contributed by atoms with E-state index in [9.17, 15) is 9.18 Å². The average molecular weight is 363 g/mol. The third kappa shape index (κ3) is 5.67. The molecule has 4 nitrogen and oxygen atoms in total. The highest BCUT2D eigenvalue weighted by atomic mass is 32.2. The Labute approximate surface area is 151 Å². The first-order valence-corrected chi connectivity index (χ1v) is 9.02. The number of carbonyl (C=O) groups excluding carboxylic acids is 1. The molecule has 0 heterocycles. The van der Waals surface area contributed by atoms with Crippen molar-refractivity contribution in [1.82, 2.24) is 5.32 Å². The Morgan fingerprint density at radius 3 is 2.52 bits per heavy atom. The monoisotopic (exact) mass is 363 g/mol. The third-order valence-electron chi connectivity index (χ3n) is 3.70. The molecule has 2 aromatic rings. The predicted octanol–water partition coefficient (Wildman–Crippen LogP) is 3.95. The van der Waals surface area contributed by atoms with Gasteiger partial charge in [-0.25, -0.2) is 4.39 Å². The summed E-state index contributed by atoms with van der Waals surface area (Å²) in [6.45, 7) is 1.90. The molecule has 6 heteroatoms. The number of hydrogen-bond acceptors (Lipinski definition) is 4. The molecule has 2 aromatic carbocycles. The molecule has 0 fully saturated rings. The average Bonchev–Trinajstić information content (AvgIpc) is 2.62. The first kappa shape index (κ1) is 19.1. The molecule has 1 amide bonds. The summed E-state index contributed by atoms with van der Waals surface area (Å²) < 4.78 is 23.5. The Hall–Kier alpha value is -2.21. The lowest BCUT2D eigenvalue weighted by Gasteiger charge is -2.18. The summed E-state index contributed by atoms with van der Waals surface area (Å²) in [5, 5.41) is 2.96. The van der Waals surface area contributed by atoms with E-state index >= 15 is 0 Å². The zero-order valence-corrected chi connectivity index (χ0v) is 15.4. The van der Waals surface area contributed by atoms with Crippen LogP contribution in [0.25, 0.3) is 0 Å². The minimum Gasteiger partial charge on any atom is -0.497 e. The van der Waals surface area contributed by atoms with Gasteiger partial charge >= 0.3 is 0 Å². The maximum absolute atomic E-state index is 12.9. The zero-order chi connectivity index (χ0) is 18.2. The Morgan fingerprint density at radius 1 is 1.16 bits per heavy atom. The number of methoxy groups -OCH3 is 2. The fourth-order valence-corrected chi connectivity index (χ4v) is 3.18. The van der Waals surface area contributed by atoms with Crippen LogP contribution in [0.1, 0.15) is 24.1 Å². The van der Waals surface area contributed by atoms with E-state index in [1.54, 1.807) is 26.4 Å². The number of halogens is 1. The van der Waals surface area contributed by atoms with Gasteiger partial charge in [-0.3, -0.25) is 4.79 Å². The largest absolute Gasteiger partial charge is 0.497 e.